The standard InChI is InChI=1S/C21H19FN8O2/c1-23-14-10-17(28-30-15(11-24-19(14)30)20(31)25-12-7-8-12)26-13-4-3-9-29(21(13)32)18-6-2-5-16(22)27-18/h2-6,9-12,23H,7-8H2,1H3,(H,25,31)(H,26,28). The van der Waals surface area contributed by atoms with Crippen LogP contribution in [0.5, 0.6) is 0 Å². The van der Waals surface area contributed by atoms with E-state index in [4.69, 9.17) is 0 Å². The van der Waals surface area contributed by atoms with Crippen molar-refractivity contribution in [2.45, 2.75) is 18.9 Å². The van der Waals surface area contributed by atoms with E-state index in [0.29, 0.717) is 22.8 Å². The second-order valence-corrected chi connectivity index (χ2v) is 7.36. The van der Waals surface area contributed by atoms with Crippen molar-refractivity contribution in [1.82, 2.24) is 29.5 Å². The molecule has 4 aromatic heterocycles. The van der Waals surface area contributed by atoms with Gasteiger partial charge >= 0.3 is 0 Å². The number of pyridine rings is 2. The molecule has 0 unspecified atom stereocenters. The van der Waals surface area contributed by atoms with E-state index < -0.39 is 11.5 Å². The maximum atomic E-state index is 13.5. The fraction of sp³-hybridized carbons (Fsp3) is 0.190. The Morgan fingerprint density at radius 3 is 2.78 bits per heavy atom. The molecule has 3 N–H and O–H groups in total. The third-order valence-electron chi connectivity index (χ3n) is 5.04. The van der Waals surface area contributed by atoms with E-state index in [2.05, 4.69) is 31.0 Å². The molecule has 1 fully saturated rings. The highest BCUT2D eigenvalue weighted by Crippen LogP contribution is 2.23. The molecule has 1 saturated carbocycles. The number of imidazole rings is 1. The fourth-order valence-electron chi connectivity index (χ4n) is 3.29. The molecule has 4 heterocycles. The summed E-state index contributed by atoms with van der Waals surface area (Å²) >= 11 is 0. The van der Waals surface area contributed by atoms with E-state index in [1.54, 1.807) is 25.2 Å². The van der Waals surface area contributed by atoms with Gasteiger partial charge in [0.05, 0.1) is 11.9 Å². The average Bonchev–Trinajstić information content (AvgIpc) is 3.49. The van der Waals surface area contributed by atoms with Crippen LogP contribution in [0.4, 0.5) is 21.6 Å². The van der Waals surface area contributed by atoms with E-state index in [9.17, 15) is 14.0 Å². The largest absolute Gasteiger partial charge is 0.385 e. The minimum Gasteiger partial charge on any atom is -0.385 e. The summed E-state index contributed by atoms with van der Waals surface area (Å²) in [6.07, 6.45) is 4.90. The molecule has 0 aromatic carbocycles. The summed E-state index contributed by atoms with van der Waals surface area (Å²) in [5.74, 6) is -0.462. The first-order valence-corrected chi connectivity index (χ1v) is 10.0. The van der Waals surface area contributed by atoms with E-state index in [1.165, 1.54) is 39.7 Å². The third-order valence-corrected chi connectivity index (χ3v) is 5.04. The molecule has 0 saturated heterocycles. The molecular formula is C21H19FN8O2. The van der Waals surface area contributed by atoms with Crippen molar-refractivity contribution in [2.75, 3.05) is 17.7 Å². The summed E-state index contributed by atoms with van der Waals surface area (Å²) in [5.41, 5.74) is 1.17. The van der Waals surface area contributed by atoms with Crippen molar-refractivity contribution in [3.05, 3.63) is 70.8 Å². The second-order valence-electron chi connectivity index (χ2n) is 7.36. The minimum atomic E-state index is -0.685. The quantitative estimate of drug-likeness (QED) is 0.398. The molecule has 1 amide bonds. The zero-order valence-electron chi connectivity index (χ0n) is 17.0. The van der Waals surface area contributed by atoms with Gasteiger partial charge in [-0.25, -0.2) is 14.5 Å². The van der Waals surface area contributed by atoms with Crippen LogP contribution in [0, 0.1) is 5.95 Å². The van der Waals surface area contributed by atoms with E-state index in [0.717, 1.165) is 12.8 Å². The zero-order chi connectivity index (χ0) is 22.2. The highest BCUT2D eigenvalue weighted by Gasteiger charge is 2.26. The predicted octanol–water partition coefficient (Wildman–Crippen LogP) is 2.09. The number of hydrogen-bond donors (Lipinski definition) is 3. The summed E-state index contributed by atoms with van der Waals surface area (Å²) in [4.78, 5) is 33.6. The van der Waals surface area contributed by atoms with Gasteiger partial charge in [0.15, 0.2) is 17.2 Å². The first kappa shape index (κ1) is 19.7. The Bertz CT molecular complexity index is 1390. The molecular weight excluding hydrogens is 415 g/mol. The lowest BCUT2D eigenvalue weighted by Gasteiger charge is -2.11. The minimum absolute atomic E-state index is 0.159. The Morgan fingerprint density at radius 1 is 1.19 bits per heavy atom. The van der Waals surface area contributed by atoms with Gasteiger partial charge in [0.25, 0.3) is 11.5 Å². The Morgan fingerprint density at radius 2 is 2.03 bits per heavy atom. The first-order chi connectivity index (χ1) is 15.5. The molecule has 5 rings (SSSR count). The predicted molar refractivity (Wildman–Crippen MR) is 116 cm³/mol. The topological polar surface area (TPSA) is 118 Å². The van der Waals surface area contributed by atoms with E-state index in [1.807, 2.05) is 0 Å². The molecule has 4 aromatic rings. The van der Waals surface area contributed by atoms with Crippen LogP contribution >= 0.6 is 0 Å². The number of amides is 1. The highest BCUT2D eigenvalue weighted by molar-refractivity contribution is 5.94. The summed E-state index contributed by atoms with van der Waals surface area (Å²) < 4.78 is 16.2. The third kappa shape index (κ3) is 3.64. The Labute approximate surface area is 181 Å². The van der Waals surface area contributed by atoms with Crippen molar-refractivity contribution < 1.29 is 9.18 Å². The van der Waals surface area contributed by atoms with Crippen LogP contribution < -0.4 is 21.5 Å². The smallest absolute Gasteiger partial charge is 0.279 e. The van der Waals surface area contributed by atoms with Crippen LogP contribution in [0.1, 0.15) is 23.3 Å². The Hall–Kier alpha value is -4.28. The molecule has 0 bridgehead atoms. The van der Waals surface area contributed by atoms with Gasteiger partial charge in [-0.3, -0.25) is 14.2 Å². The highest BCUT2D eigenvalue weighted by atomic mass is 19.1. The monoisotopic (exact) mass is 434 g/mol. The molecule has 1 aliphatic rings. The summed E-state index contributed by atoms with van der Waals surface area (Å²) in [6, 6.07) is 9.31. The number of anilines is 3. The van der Waals surface area contributed by atoms with Gasteiger partial charge in [-0.15, -0.1) is 5.10 Å². The molecule has 162 valence electrons. The number of fused-ring (bicyclic) bond motifs is 1. The van der Waals surface area contributed by atoms with Gasteiger partial charge in [0.2, 0.25) is 5.95 Å². The van der Waals surface area contributed by atoms with Crippen LogP contribution in [-0.4, -0.2) is 43.1 Å². The molecule has 0 spiro atoms. The Kier molecular flexibility index (Phi) is 4.77. The van der Waals surface area contributed by atoms with Gasteiger partial charge in [-0.1, -0.05) is 6.07 Å². The number of carbonyl (C=O) groups is 1. The van der Waals surface area contributed by atoms with Crippen LogP contribution in [0.15, 0.2) is 53.6 Å². The molecule has 10 nitrogen and oxygen atoms in total. The van der Waals surface area contributed by atoms with Crippen molar-refractivity contribution >= 4 is 28.7 Å². The number of hydrogen-bond acceptors (Lipinski definition) is 7. The number of nitrogens with one attached hydrogen (secondary N) is 3. The number of aromatic nitrogens is 5. The lowest BCUT2D eigenvalue weighted by atomic mass is 10.3. The van der Waals surface area contributed by atoms with Gasteiger partial charge in [-0.2, -0.15) is 4.39 Å². The summed E-state index contributed by atoms with van der Waals surface area (Å²) in [7, 11) is 1.73. The number of nitrogens with zero attached hydrogens (tertiary/aromatic N) is 5. The van der Waals surface area contributed by atoms with Gasteiger partial charge in [0.1, 0.15) is 11.5 Å². The molecule has 11 heteroatoms. The summed E-state index contributed by atoms with van der Waals surface area (Å²) in [5, 5.41) is 13.4. The van der Waals surface area contributed by atoms with Crippen LogP contribution in [0.3, 0.4) is 0 Å². The molecule has 1 aliphatic carbocycles. The van der Waals surface area contributed by atoms with E-state index in [-0.39, 0.29) is 23.5 Å². The van der Waals surface area contributed by atoms with Crippen molar-refractivity contribution in [1.29, 1.82) is 0 Å². The zero-order valence-corrected chi connectivity index (χ0v) is 17.0. The number of carbonyl (C=O) groups excluding carboxylic acids is 1. The summed E-state index contributed by atoms with van der Waals surface area (Å²) in [6.45, 7) is 0. The van der Waals surface area contributed by atoms with Gasteiger partial charge in [0, 0.05) is 25.4 Å². The Balaban J connectivity index is 1.53. The molecule has 32 heavy (non-hydrogen) atoms. The number of rotatable bonds is 6. The number of halogens is 1. The van der Waals surface area contributed by atoms with Gasteiger partial charge < -0.3 is 16.0 Å². The first-order valence-electron chi connectivity index (χ1n) is 10.0. The lowest BCUT2D eigenvalue weighted by Crippen LogP contribution is -2.27. The SMILES string of the molecule is CNc1cc(Nc2cccn(-c3cccc(F)n3)c2=O)nn2c(C(=O)NC3CC3)cnc12. The van der Waals surface area contributed by atoms with Crippen molar-refractivity contribution in [3.63, 3.8) is 0 Å². The van der Waals surface area contributed by atoms with Crippen LogP contribution in [0.2, 0.25) is 0 Å². The average molecular weight is 434 g/mol. The van der Waals surface area contributed by atoms with E-state index >= 15 is 0 Å². The van der Waals surface area contributed by atoms with Gasteiger partial charge in [-0.05, 0) is 37.1 Å². The van der Waals surface area contributed by atoms with Crippen LogP contribution in [-0.2, 0) is 0 Å². The van der Waals surface area contributed by atoms with Crippen molar-refractivity contribution in [3.8, 4) is 5.82 Å². The maximum Gasteiger partial charge on any atom is 0.279 e. The van der Waals surface area contributed by atoms with Crippen molar-refractivity contribution in [2.24, 2.45) is 0 Å². The second kappa shape index (κ2) is 7.76. The fourth-order valence-corrected chi connectivity index (χ4v) is 3.29. The molecule has 0 aliphatic heterocycles. The van der Waals surface area contributed by atoms with Crippen LogP contribution in [0.25, 0.3) is 11.5 Å². The molecule has 0 radical (unpaired) electrons. The maximum absolute atomic E-state index is 13.5. The molecule has 0 atom stereocenters. The lowest BCUT2D eigenvalue weighted by molar-refractivity contribution is 0.0944. The normalized spacial score (nSPS) is 13.2.